The number of benzene rings is 3. The minimum Gasteiger partial charge on any atom is -0.507 e. The Morgan fingerprint density at radius 3 is 2.17 bits per heavy atom. The van der Waals surface area contributed by atoms with Crippen molar-refractivity contribution >= 4 is 33.1 Å². The highest BCUT2D eigenvalue weighted by Crippen LogP contribution is 2.30. The van der Waals surface area contributed by atoms with E-state index in [0.29, 0.717) is 5.69 Å². The third kappa shape index (κ3) is 4.60. The van der Waals surface area contributed by atoms with Gasteiger partial charge in [-0.15, -0.1) is 0 Å². The molecular weight excluding hydrogens is 318 g/mol. The molecule has 0 aliphatic rings. The average molecular weight is 333 g/mol. The van der Waals surface area contributed by atoms with E-state index >= 15 is 0 Å². The lowest BCUT2D eigenvalue weighted by Crippen LogP contribution is -1.90. The molecule has 0 aliphatic heterocycles. The first kappa shape index (κ1) is 16.6. The standard InChI is InChI=1S/C16H13NO2.H2O3S/c18-15-7-3-4-11-8-9-12(10-13(11)15)17-14-5-1-2-6-16(14)19;1-4(2)3/h1-10,17-19H;4H,(H,1,2,3). The number of thiol groups is 1. The summed E-state index contributed by atoms with van der Waals surface area (Å²) < 4.78 is 24.2. The molecule has 0 unspecified atom stereocenters. The molecule has 0 bridgehead atoms. The number of phenolic OH excluding ortho intramolecular Hbond substituents is 2. The van der Waals surface area contributed by atoms with Crippen LogP contribution in [0.1, 0.15) is 0 Å². The first-order chi connectivity index (χ1) is 11.0. The number of hydrogen-bond acceptors (Lipinski definition) is 5. The Labute approximate surface area is 134 Å². The maximum Gasteiger partial charge on any atom is 0.254 e. The smallest absolute Gasteiger partial charge is 0.254 e. The first-order valence-corrected chi connectivity index (χ1v) is 7.70. The highest BCUT2D eigenvalue weighted by atomic mass is 32.2. The average Bonchev–Trinajstić information content (AvgIpc) is 2.50. The second kappa shape index (κ2) is 7.48. The van der Waals surface area contributed by atoms with Gasteiger partial charge in [-0.05, 0) is 35.7 Å². The number of anilines is 2. The van der Waals surface area contributed by atoms with Crippen molar-refractivity contribution in [1.29, 1.82) is 0 Å². The van der Waals surface area contributed by atoms with Gasteiger partial charge in [0.1, 0.15) is 11.5 Å². The van der Waals surface area contributed by atoms with Gasteiger partial charge in [0, 0.05) is 11.1 Å². The Morgan fingerprint density at radius 2 is 1.48 bits per heavy atom. The first-order valence-electron chi connectivity index (χ1n) is 6.57. The minimum absolute atomic E-state index is 0.194. The molecule has 0 atom stereocenters. The largest absolute Gasteiger partial charge is 0.507 e. The molecule has 0 saturated heterocycles. The number of para-hydroxylation sites is 2. The molecule has 0 radical (unpaired) electrons. The molecule has 4 N–H and O–H groups in total. The monoisotopic (exact) mass is 333 g/mol. The summed E-state index contributed by atoms with van der Waals surface area (Å²) >= 11 is 0. The highest BCUT2D eigenvalue weighted by molar-refractivity contribution is 7.66. The van der Waals surface area contributed by atoms with E-state index in [-0.39, 0.29) is 11.5 Å². The third-order valence-electron chi connectivity index (χ3n) is 3.04. The van der Waals surface area contributed by atoms with Crippen molar-refractivity contribution in [2.24, 2.45) is 0 Å². The summed E-state index contributed by atoms with van der Waals surface area (Å²) in [4.78, 5) is 0. The van der Waals surface area contributed by atoms with E-state index < -0.39 is 11.0 Å². The zero-order valence-corrected chi connectivity index (χ0v) is 12.8. The molecule has 3 rings (SSSR count). The maximum atomic E-state index is 9.84. The van der Waals surface area contributed by atoms with E-state index in [4.69, 9.17) is 13.0 Å². The quantitative estimate of drug-likeness (QED) is 0.280. The molecule has 6 nitrogen and oxygen atoms in total. The van der Waals surface area contributed by atoms with E-state index in [2.05, 4.69) is 5.32 Å². The number of hydrogen-bond donors (Lipinski definition) is 5. The van der Waals surface area contributed by atoms with Gasteiger partial charge in [-0.3, -0.25) is 4.55 Å². The summed E-state index contributed by atoms with van der Waals surface area (Å²) in [6.45, 7) is 0. The van der Waals surface area contributed by atoms with E-state index in [1.54, 1.807) is 24.3 Å². The van der Waals surface area contributed by atoms with Crippen LogP contribution in [-0.4, -0.2) is 23.2 Å². The fraction of sp³-hybridized carbons (Fsp3) is 0. The number of fused-ring (bicyclic) bond motifs is 1. The molecule has 120 valence electrons. The molecule has 3 aromatic carbocycles. The molecule has 0 aliphatic carbocycles. The molecular formula is C16H15NO5S. The van der Waals surface area contributed by atoms with Crippen LogP contribution in [-0.2, 0) is 11.0 Å². The fourth-order valence-corrected chi connectivity index (χ4v) is 2.07. The molecule has 3 aromatic rings. The summed E-state index contributed by atoms with van der Waals surface area (Å²) in [5.41, 5.74) is 1.45. The van der Waals surface area contributed by atoms with Crippen molar-refractivity contribution in [3.05, 3.63) is 60.7 Å². The molecule has 0 saturated carbocycles. The van der Waals surface area contributed by atoms with Gasteiger partial charge in [0.2, 0.25) is 0 Å². The highest BCUT2D eigenvalue weighted by Gasteiger charge is 2.03. The summed E-state index contributed by atoms with van der Waals surface area (Å²) in [6.07, 6.45) is 0. The van der Waals surface area contributed by atoms with Crippen LogP contribution >= 0.6 is 0 Å². The SMILES string of the molecule is O=[SH](=O)O.Oc1ccccc1Nc1ccc2cccc(O)c2c1. The van der Waals surface area contributed by atoms with Gasteiger partial charge in [-0.1, -0.05) is 30.3 Å². The Bertz CT molecular complexity index is 885. The van der Waals surface area contributed by atoms with Gasteiger partial charge in [0.25, 0.3) is 11.0 Å². The number of phenols is 2. The van der Waals surface area contributed by atoms with Gasteiger partial charge in [0.15, 0.2) is 0 Å². The van der Waals surface area contributed by atoms with E-state index in [1.165, 1.54) is 0 Å². The number of rotatable bonds is 2. The summed E-state index contributed by atoms with van der Waals surface area (Å²) in [6, 6.07) is 18.2. The normalized spacial score (nSPS) is 10.2. The third-order valence-corrected chi connectivity index (χ3v) is 3.04. The summed E-state index contributed by atoms with van der Waals surface area (Å²) in [7, 11) is -3.12. The Balaban J connectivity index is 0.000000433. The molecule has 0 amide bonds. The molecule has 0 spiro atoms. The molecule has 0 heterocycles. The molecule has 23 heavy (non-hydrogen) atoms. The van der Waals surface area contributed by atoms with E-state index in [1.807, 2.05) is 36.4 Å². The Kier molecular flexibility index (Phi) is 5.40. The van der Waals surface area contributed by atoms with Crippen LogP contribution in [0.3, 0.4) is 0 Å². The van der Waals surface area contributed by atoms with Crippen molar-refractivity contribution in [2.75, 3.05) is 5.32 Å². The maximum absolute atomic E-state index is 9.84. The van der Waals surface area contributed by atoms with Crippen LogP contribution in [0.4, 0.5) is 11.4 Å². The van der Waals surface area contributed by atoms with Gasteiger partial charge in [0.05, 0.1) is 5.69 Å². The van der Waals surface area contributed by atoms with Crippen molar-refractivity contribution in [3.8, 4) is 11.5 Å². The van der Waals surface area contributed by atoms with E-state index in [0.717, 1.165) is 16.5 Å². The number of aromatic hydroxyl groups is 2. The lowest BCUT2D eigenvalue weighted by atomic mass is 10.1. The van der Waals surface area contributed by atoms with Crippen molar-refractivity contribution in [3.63, 3.8) is 0 Å². The summed E-state index contributed by atoms with van der Waals surface area (Å²) in [5, 5.41) is 24.5. The zero-order chi connectivity index (χ0) is 16.8. The van der Waals surface area contributed by atoms with Crippen LogP contribution in [0, 0.1) is 0 Å². The van der Waals surface area contributed by atoms with Gasteiger partial charge in [-0.2, -0.15) is 0 Å². The topological polar surface area (TPSA) is 107 Å². The predicted octanol–water partition coefficient (Wildman–Crippen LogP) is 3.07. The predicted molar refractivity (Wildman–Crippen MR) is 89.9 cm³/mol. The molecule has 0 aromatic heterocycles. The number of nitrogens with one attached hydrogen (secondary N) is 1. The lowest BCUT2D eigenvalue weighted by Gasteiger charge is -2.09. The minimum atomic E-state index is -3.12. The Morgan fingerprint density at radius 1 is 0.826 bits per heavy atom. The zero-order valence-electron chi connectivity index (χ0n) is 11.9. The Hall–Kier alpha value is -2.77. The molecule has 7 heteroatoms. The van der Waals surface area contributed by atoms with Crippen LogP contribution in [0.5, 0.6) is 11.5 Å². The van der Waals surface area contributed by atoms with Crippen LogP contribution in [0.15, 0.2) is 60.7 Å². The van der Waals surface area contributed by atoms with Gasteiger partial charge in [-0.25, -0.2) is 8.42 Å². The summed E-state index contributed by atoms with van der Waals surface area (Å²) in [5.74, 6) is 0.443. The van der Waals surface area contributed by atoms with Gasteiger partial charge < -0.3 is 15.5 Å². The van der Waals surface area contributed by atoms with Crippen molar-refractivity contribution < 1.29 is 23.2 Å². The van der Waals surface area contributed by atoms with Crippen LogP contribution in [0.25, 0.3) is 10.8 Å². The van der Waals surface area contributed by atoms with Crippen molar-refractivity contribution in [1.82, 2.24) is 0 Å². The van der Waals surface area contributed by atoms with E-state index in [9.17, 15) is 10.2 Å². The lowest BCUT2D eigenvalue weighted by molar-refractivity contribution is 0.477. The second-order valence-corrected chi connectivity index (χ2v) is 5.07. The van der Waals surface area contributed by atoms with Crippen LogP contribution in [0.2, 0.25) is 0 Å². The van der Waals surface area contributed by atoms with Gasteiger partial charge >= 0.3 is 0 Å². The van der Waals surface area contributed by atoms with Crippen LogP contribution < -0.4 is 5.32 Å². The van der Waals surface area contributed by atoms with Crippen molar-refractivity contribution in [2.45, 2.75) is 0 Å². The second-order valence-electron chi connectivity index (χ2n) is 4.59. The molecule has 0 fully saturated rings. The fourth-order valence-electron chi connectivity index (χ4n) is 2.07.